The number of ether oxygens (including phenoxy) is 5. The molecule has 182 valence electrons. The topological polar surface area (TPSA) is 63.2 Å². The summed E-state index contributed by atoms with van der Waals surface area (Å²) in [6, 6.07) is 18.1. The monoisotopic (exact) mass is 474 g/mol. The second kappa shape index (κ2) is 12.7. The molecule has 0 atom stereocenters. The maximum atomic E-state index is 11.0. The van der Waals surface area contributed by atoms with Gasteiger partial charge < -0.3 is 23.7 Å². The molecule has 0 fully saturated rings. The Bertz CT molecular complexity index is 1170. The van der Waals surface area contributed by atoms with Crippen molar-refractivity contribution < 1.29 is 28.5 Å². The fraction of sp³-hybridized carbons (Fsp3) is 0.276. The van der Waals surface area contributed by atoms with E-state index in [0.717, 1.165) is 58.1 Å². The highest BCUT2D eigenvalue weighted by molar-refractivity contribution is 5.96. The van der Waals surface area contributed by atoms with Gasteiger partial charge >= 0.3 is 5.97 Å². The summed E-state index contributed by atoms with van der Waals surface area (Å²) >= 11 is 0. The van der Waals surface area contributed by atoms with Crippen molar-refractivity contribution >= 4 is 16.7 Å². The molecule has 0 aromatic heterocycles. The number of para-hydroxylation sites is 1. The van der Waals surface area contributed by atoms with Crippen LogP contribution in [0.2, 0.25) is 0 Å². The number of benzene rings is 3. The predicted octanol–water partition coefficient (Wildman–Crippen LogP) is 5.43. The van der Waals surface area contributed by atoms with Gasteiger partial charge in [0.15, 0.2) is 0 Å². The first-order valence-electron chi connectivity index (χ1n) is 11.8. The molecule has 6 heteroatoms. The van der Waals surface area contributed by atoms with Crippen molar-refractivity contribution in [1.29, 1.82) is 0 Å². The standard InChI is InChI=1S/C29H30O6/c1-2-27(30)33-20-18-31-16-17-32-19-21-34-28-23-12-6-8-14-25(23)29(26-15-9-7-13-24(26)28)35-22-10-4-3-5-11-22/h2-12,14H,1,13,15-21H2. The summed E-state index contributed by atoms with van der Waals surface area (Å²) in [5.74, 6) is 2.15. The highest BCUT2D eigenvalue weighted by atomic mass is 16.6. The fourth-order valence-electron chi connectivity index (χ4n) is 3.99. The highest BCUT2D eigenvalue weighted by Gasteiger charge is 2.22. The largest absolute Gasteiger partial charge is 0.490 e. The van der Waals surface area contributed by atoms with Gasteiger partial charge in [0, 0.05) is 28.0 Å². The van der Waals surface area contributed by atoms with E-state index in [2.05, 4.69) is 30.9 Å². The summed E-state index contributed by atoms with van der Waals surface area (Å²) in [6.45, 7) is 5.58. The molecule has 4 rings (SSSR count). The molecule has 1 aliphatic rings. The van der Waals surface area contributed by atoms with Crippen LogP contribution < -0.4 is 9.47 Å². The third-order valence-corrected chi connectivity index (χ3v) is 5.59. The molecule has 1 aliphatic carbocycles. The van der Waals surface area contributed by atoms with Crippen LogP contribution in [-0.2, 0) is 31.8 Å². The van der Waals surface area contributed by atoms with Crippen LogP contribution in [0.4, 0.5) is 0 Å². The Hall–Kier alpha value is -3.61. The van der Waals surface area contributed by atoms with Gasteiger partial charge in [-0.3, -0.25) is 0 Å². The Morgan fingerprint density at radius 1 is 0.743 bits per heavy atom. The smallest absolute Gasteiger partial charge is 0.330 e. The normalized spacial score (nSPS) is 12.2. The van der Waals surface area contributed by atoms with E-state index in [1.165, 1.54) is 0 Å². The molecular formula is C29H30O6. The maximum Gasteiger partial charge on any atom is 0.330 e. The molecule has 0 unspecified atom stereocenters. The van der Waals surface area contributed by atoms with Gasteiger partial charge in [-0.1, -0.05) is 61.2 Å². The van der Waals surface area contributed by atoms with Gasteiger partial charge in [-0.15, -0.1) is 0 Å². The number of rotatable bonds is 13. The van der Waals surface area contributed by atoms with E-state index in [1.54, 1.807) is 0 Å². The molecule has 3 aromatic carbocycles. The minimum absolute atomic E-state index is 0.199. The molecule has 0 radical (unpaired) electrons. The van der Waals surface area contributed by atoms with Crippen LogP contribution in [-0.4, -0.2) is 45.6 Å². The first-order valence-corrected chi connectivity index (χ1v) is 11.8. The first kappa shape index (κ1) is 24.5. The molecule has 0 N–H and O–H groups in total. The van der Waals surface area contributed by atoms with Crippen molar-refractivity contribution in [3.8, 4) is 17.2 Å². The van der Waals surface area contributed by atoms with Crippen LogP contribution >= 0.6 is 0 Å². The summed E-state index contributed by atoms with van der Waals surface area (Å²) < 4.78 is 28.6. The van der Waals surface area contributed by atoms with E-state index < -0.39 is 5.97 Å². The quantitative estimate of drug-likeness (QED) is 0.143. The summed E-state index contributed by atoms with van der Waals surface area (Å²) in [4.78, 5) is 11.0. The van der Waals surface area contributed by atoms with Crippen molar-refractivity contribution in [2.24, 2.45) is 0 Å². The first-order chi connectivity index (χ1) is 17.3. The number of carbonyl (C=O) groups excluding carboxylic acids is 1. The Morgan fingerprint density at radius 3 is 2.00 bits per heavy atom. The molecule has 0 saturated heterocycles. The van der Waals surface area contributed by atoms with Crippen molar-refractivity contribution in [2.75, 3.05) is 39.6 Å². The van der Waals surface area contributed by atoms with Gasteiger partial charge in [-0.25, -0.2) is 4.79 Å². The second-order valence-corrected chi connectivity index (χ2v) is 7.90. The molecule has 0 heterocycles. The van der Waals surface area contributed by atoms with Gasteiger partial charge in [0.1, 0.15) is 30.5 Å². The van der Waals surface area contributed by atoms with Crippen LogP contribution in [0.5, 0.6) is 17.2 Å². The predicted molar refractivity (Wildman–Crippen MR) is 135 cm³/mol. The lowest BCUT2D eigenvalue weighted by Gasteiger charge is -2.23. The van der Waals surface area contributed by atoms with Crippen LogP contribution in [0.15, 0.2) is 79.4 Å². The Labute approximate surface area is 205 Å². The van der Waals surface area contributed by atoms with Gasteiger partial charge in [0.2, 0.25) is 0 Å². The van der Waals surface area contributed by atoms with Crippen LogP contribution in [0.25, 0.3) is 10.8 Å². The molecule has 0 saturated carbocycles. The van der Waals surface area contributed by atoms with Gasteiger partial charge in [0.25, 0.3) is 0 Å². The van der Waals surface area contributed by atoms with E-state index in [4.69, 9.17) is 23.7 Å². The summed E-state index contributed by atoms with van der Waals surface area (Å²) in [6.07, 6.45) is 7.08. The number of esters is 1. The highest BCUT2D eigenvalue weighted by Crippen LogP contribution is 2.44. The van der Waals surface area contributed by atoms with Gasteiger partial charge in [-0.05, 0) is 25.0 Å². The molecule has 3 aromatic rings. The maximum absolute atomic E-state index is 11.0. The Kier molecular flexibility index (Phi) is 8.92. The Balaban J connectivity index is 1.38. The zero-order valence-corrected chi connectivity index (χ0v) is 19.7. The van der Waals surface area contributed by atoms with Crippen LogP contribution in [0, 0.1) is 0 Å². The van der Waals surface area contributed by atoms with Crippen LogP contribution in [0.1, 0.15) is 11.1 Å². The lowest BCUT2D eigenvalue weighted by Crippen LogP contribution is -2.14. The molecule has 0 bridgehead atoms. The molecule has 0 amide bonds. The fourth-order valence-corrected chi connectivity index (χ4v) is 3.99. The van der Waals surface area contributed by atoms with Crippen molar-refractivity contribution in [2.45, 2.75) is 12.8 Å². The molecule has 6 nitrogen and oxygen atoms in total. The summed E-state index contributed by atoms with van der Waals surface area (Å²) in [7, 11) is 0. The average molecular weight is 475 g/mol. The minimum Gasteiger partial charge on any atom is -0.490 e. The third kappa shape index (κ3) is 6.50. The molecule has 35 heavy (non-hydrogen) atoms. The number of fused-ring (bicyclic) bond motifs is 2. The molecule has 0 spiro atoms. The minimum atomic E-state index is -0.452. The lowest BCUT2D eigenvalue weighted by atomic mass is 9.90. The van der Waals surface area contributed by atoms with Crippen LogP contribution in [0.3, 0.4) is 0 Å². The van der Waals surface area contributed by atoms with E-state index in [1.807, 2.05) is 42.5 Å². The zero-order valence-electron chi connectivity index (χ0n) is 19.7. The zero-order chi connectivity index (χ0) is 24.3. The molecular weight excluding hydrogens is 444 g/mol. The van der Waals surface area contributed by atoms with Crippen molar-refractivity contribution in [1.82, 2.24) is 0 Å². The van der Waals surface area contributed by atoms with E-state index >= 15 is 0 Å². The average Bonchev–Trinajstić information content (AvgIpc) is 2.91. The number of hydrogen-bond acceptors (Lipinski definition) is 6. The second-order valence-electron chi connectivity index (χ2n) is 7.90. The lowest BCUT2D eigenvalue weighted by molar-refractivity contribution is -0.139. The van der Waals surface area contributed by atoms with E-state index in [9.17, 15) is 4.79 Å². The number of carbonyl (C=O) groups is 1. The SMILES string of the molecule is C=CC(=O)OCCOCCOCCOc1c2c(c(Oc3ccccc3)c3ccccc13)CC=CC2. The Morgan fingerprint density at radius 2 is 1.31 bits per heavy atom. The van der Waals surface area contributed by atoms with Crippen molar-refractivity contribution in [3.05, 3.63) is 90.5 Å². The third-order valence-electron chi connectivity index (χ3n) is 5.59. The van der Waals surface area contributed by atoms with E-state index in [-0.39, 0.29) is 6.61 Å². The van der Waals surface area contributed by atoms with Gasteiger partial charge in [-0.2, -0.15) is 0 Å². The summed E-state index contributed by atoms with van der Waals surface area (Å²) in [5.41, 5.74) is 2.33. The van der Waals surface area contributed by atoms with Gasteiger partial charge in [0.05, 0.1) is 26.4 Å². The molecule has 0 aliphatic heterocycles. The van der Waals surface area contributed by atoms with Crippen molar-refractivity contribution in [3.63, 3.8) is 0 Å². The summed E-state index contributed by atoms with van der Waals surface area (Å²) in [5, 5.41) is 2.07. The van der Waals surface area contributed by atoms with E-state index in [0.29, 0.717) is 33.0 Å². The number of allylic oxidation sites excluding steroid dienone is 2. The number of hydrogen-bond donors (Lipinski definition) is 0.